The van der Waals surface area contributed by atoms with E-state index in [0.29, 0.717) is 30.3 Å². The van der Waals surface area contributed by atoms with Gasteiger partial charge in [-0.25, -0.2) is 0 Å². The van der Waals surface area contributed by atoms with Gasteiger partial charge in [0.1, 0.15) is 5.75 Å². The number of benzene rings is 3. The minimum Gasteiger partial charge on any atom is -0.493 e. The predicted octanol–water partition coefficient (Wildman–Crippen LogP) is 4.70. The van der Waals surface area contributed by atoms with Gasteiger partial charge in [0, 0.05) is 29.5 Å². The molecule has 0 saturated carbocycles. The number of amides is 2. The van der Waals surface area contributed by atoms with Crippen LogP contribution in [0.15, 0.2) is 78.9 Å². The second-order valence-electron chi connectivity index (χ2n) is 7.88. The van der Waals surface area contributed by atoms with Crippen molar-refractivity contribution in [2.24, 2.45) is 5.92 Å². The van der Waals surface area contributed by atoms with Crippen molar-refractivity contribution in [3.05, 3.63) is 90.0 Å². The zero-order chi connectivity index (χ0) is 22.8. The zero-order valence-corrected chi connectivity index (χ0v) is 18.4. The van der Waals surface area contributed by atoms with Crippen LogP contribution in [0, 0.1) is 5.92 Å². The lowest BCUT2D eigenvalue weighted by molar-refractivity contribution is -0.114. The second kappa shape index (κ2) is 11.6. The van der Waals surface area contributed by atoms with Crippen LogP contribution in [0.1, 0.15) is 29.8 Å². The highest BCUT2D eigenvalue weighted by atomic mass is 16.5. The smallest absolute Gasteiger partial charge is 0.251 e. The molecule has 0 bridgehead atoms. The van der Waals surface area contributed by atoms with Crippen LogP contribution in [0.5, 0.6) is 5.75 Å². The Morgan fingerprint density at radius 2 is 1.62 bits per heavy atom. The van der Waals surface area contributed by atoms with Crippen LogP contribution in [0.2, 0.25) is 0 Å². The third-order valence-electron chi connectivity index (χ3n) is 4.60. The van der Waals surface area contributed by atoms with Gasteiger partial charge < -0.3 is 20.7 Å². The fourth-order valence-electron chi connectivity index (χ4n) is 2.93. The Labute approximate surface area is 189 Å². The summed E-state index contributed by atoms with van der Waals surface area (Å²) >= 11 is 0. The Balaban J connectivity index is 1.45. The van der Waals surface area contributed by atoms with E-state index in [1.165, 1.54) is 0 Å². The molecule has 0 aromatic heterocycles. The number of nitrogens with one attached hydrogen (secondary N) is 3. The molecule has 2 amide bonds. The number of rotatable bonds is 10. The lowest BCUT2D eigenvalue weighted by Crippen LogP contribution is -2.23. The van der Waals surface area contributed by atoms with Crippen LogP contribution >= 0.6 is 0 Å². The van der Waals surface area contributed by atoms with Gasteiger partial charge in [0.2, 0.25) is 5.91 Å². The number of ether oxygens (including phenoxy) is 1. The average Bonchev–Trinajstić information content (AvgIpc) is 2.81. The van der Waals surface area contributed by atoms with Gasteiger partial charge >= 0.3 is 0 Å². The molecule has 32 heavy (non-hydrogen) atoms. The van der Waals surface area contributed by atoms with Crippen LogP contribution in [-0.4, -0.2) is 25.0 Å². The molecule has 0 unspecified atom stereocenters. The first kappa shape index (κ1) is 22.9. The maximum atomic E-state index is 12.3. The monoisotopic (exact) mass is 431 g/mol. The van der Waals surface area contributed by atoms with Crippen molar-refractivity contribution in [2.45, 2.75) is 20.4 Å². The lowest BCUT2D eigenvalue weighted by atomic mass is 10.1. The highest BCUT2D eigenvalue weighted by Gasteiger charge is 2.07. The van der Waals surface area contributed by atoms with Crippen LogP contribution in [0.3, 0.4) is 0 Å². The van der Waals surface area contributed by atoms with Gasteiger partial charge in [0.05, 0.1) is 13.2 Å². The summed E-state index contributed by atoms with van der Waals surface area (Å²) in [6, 6.07) is 24.1. The minimum absolute atomic E-state index is 0.108. The van der Waals surface area contributed by atoms with Gasteiger partial charge in [0.25, 0.3) is 5.91 Å². The molecule has 0 aliphatic heterocycles. The normalized spacial score (nSPS) is 10.5. The summed E-state index contributed by atoms with van der Waals surface area (Å²) in [5.41, 5.74) is 3.05. The molecule has 0 heterocycles. The molecule has 0 aliphatic rings. The fraction of sp³-hybridized carbons (Fsp3) is 0.231. The minimum atomic E-state index is -0.171. The summed E-state index contributed by atoms with van der Waals surface area (Å²) in [7, 11) is 0. The van der Waals surface area contributed by atoms with Crippen LogP contribution < -0.4 is 20.7 Å². The first-order valence-corrected chi connectivity index (χ1v) is 10.7. The summed E-state index contributed by atoms with van der Waals surface area (Å²) in [4.78, 5) is 24.6. The first-order chi connectivity index (χ1) is 15.5. The summed E-state index contributed by atoms with van der Waals surface area (Å²) < 4.78 is 5.69. The highest BCUT2D eigenvalue weighted by molar-refractivity contribution is 5.95. The van der Waals surface area contributed by atoms with E-state index in [-0.39, 0.29) is 18.4 Å². The van der Waals surface area contributed by atoms with Crippen molar-refractivity contribution in [1.29, 1.82) is 0 Å². The first-order valence-electron chi connectivity index (χ1n) is 10.7. The van der Waals surface area contributed by atoms with Crippen molar-refractivity contribution in [2.75, 3.05) is 23.8 Å². The third kappa shape index (κ3) is 7.47. The van der Waals surface area contributed by atoms with Crippen molar-refractivity contribution < 1.29 is 14.3 Å². The lowest BCUT2D eigenvalue weighted by Gasteiger charge is -2.11. The third-order valence-corrected chi connectivity index (χ3v) is 4.60. The van der Waals surface area contributed by atoms with Crippen LogP contribution in [0.25, 0.3) is 0 Å². The van der Waals surface area contributed by atoms with E-state index in [0.717, 1.165) is 17.0 Å². The predicted molar refractivity (Wildman–Crippen MR) is 128 cm³/mol. The Morgan fingerprint density at radius 1 is 0.875 bits per heavy atom. The zero-order valence-electron chi connectivity index (χ0n) is 18.4. The van der Waals surface area contributed by atoms with Gasteiger partial charge in [-0.2, -0.15) is 0 Å². The average molecular weight is 432 g/mol. The number of carbonyl (C=O) groups is 2. The Hall–Kier alpha value is -3.80. The van der Waals surface area contributed by atoms with Crippen molar-refractivity contribution >= 4 is 23.2 Å². The molecule has 166 valence electrons. The highest BCUT2D eigenvalue weighted by Crippen LogP contribution is 2.18. The fourth-order valence-corrected chi connectivity index (χ4v) is 2.93. The molecular weight excluding hydrogens is 402 g/mol. The summed E-state index contributed by atoms with van der Waals surface area (Å²) in [5, 5.41) is 8.82. The largest absolute Gasteiger partial charge is 0.493 e. The molecule has 3 rings (SSSR count). The maximum Gasteiger partial charge on any atom is 0.251 e. The topological polar surface area (TPSA) is 79.5 Å². The number of carbonyl (C=O) groups excluding carboxylic acids is 2. The Bertz CT molecular complexity index is 1020. The SMILES string of the molecule is CC(C)COc1cccc(NC(=O)CNc2ccc(C(=O)NCc3ccccc3)cc2)c1. The van der Waals surface area contributed by atoms with Crippen molar-refractivity contribution in [3.63, 3.8) is 0 Å². The molecule has 0 aliphatic carbocycles. The molecule has 0 saturated heterocycles. The second-order valence-corrected chi connectivity index (χ2v) is 7.88. The Kier molecular flexibility index (Phi) is 8.26. The van der Waals surface area contributed by atoms with Crippen molar-refractivity contribution in [1.82, 2.24) is 5.32 Å². The van der Waals surface area contributed by atoms with E-state index >= 15 is 0 Å². The number of hydrogen-bond donors (Lipinski definition) is 3. The van der Waals surface area contributed by atoms with E-state index in [2.05, 4.69) is 29.8 Å². The van der Waals surface area contributed by atoms with Gasteiger partial charge in [-0.3, -0.25) is 9.59 Å². The summed E-state index contributed by atoms with van der Waals surface area (Å²) in [5.74, 6) is 0.845. The van der Waals surface area contributed by atoms with Crippen LogP contribution in [0.4, 0.5) is 11.4 Å². The van der Waals surface area contributed by atoms with Gasteiger partial charge in [-0.1, -0.05) is 50.2 Å². The van der Waals surface area contributed by atoms with E-state index in [1.54, 1.807) is 24.3 Å². The van der Waals surface area contributed by atoms with E-state index in [4.69, 9.17) is 4.74 Å². The number of hydrogen-bond acceptors (Lipinski definition) is 4. The summed E-state index contributed by atoms with van der Waals surface area (Å²) in [6.45, 7) is 5.38. The molecule has 0 fully saturated rings. The van der Waals surface area contributed by atoms with Gasteiger partial charge in [0.15, 0.2) is 0 Å². The molecule has 0 spiro atoms. The molecule has 3 N–H and O–H groups in total. The molecule has 6 heteroatoms. The molecule has 0 radical (unpaired) electrons. The summed E-state index contributed by atoms with van der Waals surface area (Å²) in [6.07, 6.45) is 0. The van der Waals surface area contributed by atoms with E-state index in [1.807, 2.05) is 54.6 Å². The molecule has 6 nitrogen and oxygen atoms in total. The van der Waals surface area contributed by atoms with Crippen LogP contribution in [-0.2, 0) is 11.3 Å². The van der Waals surface area contributed by atoms with Crippen molar-refractivity contribution in [3.8, 4) is 5.75 Å². The molecule has 3 aromatic carbocycles. The quantitative estimate of drug-likeness (QED) is 0.435. The molecule has 0 atom stereocenters. The molecule has 3 aromatic rings. The van der Waals surface area contributed by atoms with E-state index < -0.39 is 0 Å². The van der Waals surface area contributed by atoms with Gasteiger partial charge in [-0.05, 0) is 47.9 Å². The van der Waals surface area contributed by atoms with Gasteiger partial charge in [-0.15, -0.1) is 0 Å². The number of anilines is 2. The van der Waals surface area contributed by atoms with E-state index in [9.17, 15) is 9.59 Å². The Morgan fingerprint density at radius 3 is 2.34 bits per heavy atom. The molecular formula is C26H29N3O3. The maximum absolute atomic E-state index is 12.3. The standard InChI is InChI=1S/C26H29N3O3/c1-19(2)18-32-24-10-6-9-23(15-24)29-25(30)17-27-22-13-11-21(12-14-22)26(31)28-16-20-7-4-3-5-8-20/h3-15,19,27H,16-18H2,1-2H3,(H,28,31)(H,29,30).